The third kappa shape index (κ3) is 2.46. The van der Waals surface area contributed by atoms with E-state index in [9.17, 15) is 9.18 Å². The SMILES string of the molecule is CSc1cc(F)ccc1-c1ccccc(C)c1=O. The van der Waals surface area contributed by atoms with E-state index in [-0.39, 0.29) is 11.2 Å². The highest BCUT2D eigenvalue weighted by molar-refractivity contribution is 7.98. The summed E-state index contributed by atoms with van der Waals surface area (Å²) in [5.74, 6) is -0.285. The minimum absolute atomic E-state index is 0.0121. The van der Waals surface area contributed by atoms with E-state index in [1.807, 2.05) is 18.4 Å². The second-order valence-corrected chi connectivity index (χ2v) is 4.84. The van der Waals surface area contributed by atoms with E-state index in [1.54, 1.807) is 25.1 Å². The molecule has 0 N–H and O–H groups in total. The van der Waals surface area contributed by atoms with Crippen molar-refractivity contribution in [1.82, 2.24) is 0 Å². The van der Waals surface area contributed by atoms with Crippen LogP contribution in [0.1, 0.15) is 5.56 Å². The largest absolute Gasteiger partial charge is 0.289 e. The standard InChI is InChI=1S/C15H13FOS/c1-10-5-3-4-6-13(15(10)17)12-8-7-11(16)9-14(12)18-2/h3-9H,1-2H3. The highest BCUT2D eigenvalue weighted by atomic mass is 32.2. The first-order valence-electron chi connectivity index (χ1n) is 5.57. The molecule has 2 aromatic carbocycles. The first-order chi connectivity index (χ1) is 8.63. The summed E-state index contributed by atoms with van der Waals surface area (Å²) in [6.07, 6.45) is 1.87. The first kappa shape index (κ1) is 12.8. The van der Waals surface area contributed by atoms with Gasteiger partial charge in [-0.1, -0.05) is 30.3 Å². The van der Waals surface area contributed by atoms with Gasteiger partial charge in [0.25, 0.3) is 0 Å². The predicted molar refractivity (Wildman–Crippen MR) is 74.6 cm³/mol. The molecule has 2 rings (SSSR count). The number of hydrogen-bond donors (Lipinski definition) is 0. The third-order valence-corrected chi connectivity index (χ3v) is 3.55. The van der Waals surface area contributed by atoms with Crippen LogP contribution in [-0.4, -0.2) is 6.26 Å². The fourth-order valence-corrected chi connectivity index (χ4v) is 2.44. The fourth-order valence-electron chi connectivity index (χ4n) is 1.82. The van der Waals surface area contributed by atoms with Crippen LogP contribution in [-0.2, 0) is 0 Å². The molecule has 0 aliphatic heterocycles. The van der Waals surface area contributed by atoms with Crippen LogP contribution in [0.25, 0.3) is 11.1 Å². The molecule has 92 valence electrons. The second-order valence-electron chi connectivity index (χ2n) is 3.99. The van der Waals surface area contributed by atoms with Gasteiger partial charge in [0.1, 0.15) is 5.82 Å². The maximum absolute atomic E-state index is 13.2. The zero-order valence-electron chi connectivity index (χ0n) is 10.2. The van der Waals surface area contributed by atoms with Crippen LogP contribution >= 0.6 is 11.8 Å². The minimum Gasteiger partial charge on any atom is -0.289 e. The summed E-state index contributed by atoms with van der Waals surface area (Å²) < 4.78 is 13.2. The van der Waals surface area contributed by atoms with E-state index < -0.39 is 0 Å². The van der Waals surface area contributed by atoms with Gasteiger partial charge < -0.3 is 0 Å². The van der Waals surface area contributed by atoms with Crippen molar-refractivity contribution < 1.29 is 4.39 Å². The van der Waals surface area contributed by atoms with Crippen LogP contribution in [0.5, 0.6) is 0 Å². The summed E-state index contributed by atoms with van der Waals surface area (Å²) in [6.45, 7) is 1.79. The number of rotatable bonds is 2. The van der Waals surface area contributed by atoms with E-state index in [0.717, 1.165) is 10.5 Å². The summed E-state index contributed by atoms with van der Waals surface area (Å²) >= 11 is 1.44. The van der Waals surface area contributed by atoms with Gasteiger partial charge in [-0.25, -0.2) is 4.39 Å². The van der Waals surface area contributed by atoms with Crippen LogP contribution in [0.2, 0.25) is 0 Å². The van der Waals surface area contributed by atoms with Crippen LogP contribution in [0.15, 0.2) is 52.2 Å². The number of thioether (sulfide) groups is 1. The molecule has 0 atom stereocenters. The Morgan fingerprint density at radius 1 is 1.06 bits per heavy atom. The lowest BCUT2D eigenvalue weighted by Gasteiger charge is -2.06. The Bertz CT molecular complexity index is 638. The van der Waals surface area contributed by atoms with Crippen LogP contribution in [0.4, 0.5) is 4.39 Å². The van der Waals surface area contributed by atoms with Crippen molar-refractivity contribution in [1.29, 1.82) is 0 Å². The summed E-state index contributed by atoms with van der Waals surface area (Å²) in [6, 6.07) is 11.7. The molecule has 0 saturated carbocycles. The lowest BCUT2D eigenvalue weighted by Crippen LogP contribution is -2.05. The Balaban J connectivity index is 2.74. The number of aryl methyl sites for hydroxylation is 1. The molecule has 0 unspecified atom stereocenters. The van der Waals surface area contributed by atoms with Gasteiger partial charge in [0.15, 0.2) is 5.43 Å². The summed E-state index contributed by atoms with van der Waals surface area (Å²) in [5, 5.41) is 0. The molecule has 18 heavy (non-hydrogen) atoms. The van der Waals surface area contributed by atoms with Gasteiger partial charge in [0.05, 0.1) is 0 Å². The minimum atomic E-state index is -0.285. The van der Waals surface area contributed by atoms with Gasteiger partial charge in [0.2, 0.25) is 0 Å². The molecule has 3 heteroatoms. The molecule has 0 aliphatic rings. The molecule has 0 spiro atoms. The smallest absolute Gasteiger partial charge is 0.189 e. The van der Waals surface area contributed by atoms with E-state index in [0.29, 0.717) is 11.1 Å². The Morgan fingerprint density at radius 2 is 1.78 bits per heavy atom. The number of hydrogen-bond acceptors (Lipinski definition) is 2. The van der Waals surface area contributed by atoms with Crippen molar-refractivity contribution in [3.8, 4) is 11.1 Å². The normalized spacial score (nSPS) is 10.4. The molecule has 0 aliphatic carbocycles. The number of benzene rings is 1. The van der Waals surface area contributed by atoms with E-state index in [2.05, 4.69) is 0 Å². The van der Waals surface area contributed by atoms with Crippen LogP contribution in [0, 0.1) is 12.7 Å². The van der Waals surface area contributed by atoms with Crippen molar-refractivity contribution >= 4 is 11.8 Å². The van der Waals surface area contributed by atoms with Crippen molar-refractivity contribution in [3.05, 3.63) is 64.1 Å². The van der Waals surface area contributed by atoms with E-state index >= 15 is 0 Å². The Hall–Kier alpha value is -1.61. The number of halogens is 1. The quantitative estimate of drug-likeness (QED) is 0.762. The molecule has 0 radical (unpaired) electrons. The maximum atomic E-state index is 13.2. The molecule has 0 amide bonds. The van der Waals surface area contributed by atoms with Gasteiger partial charge in [-0.2, -0.15) is 0 Å². The Kier molecular flexibility index (Phi) is 3.82. The summed E-state index contributed by atoms with van der Waals surface area (Å²) in [4.78, 5) is 13.0. The molecular weight excluding hydrogens is 247 g/mol. The lowest BCUT2D eigenvalue weighted by molar-refractivity contribution is 0.624. The summed E-state index contributed by atoms with van der Waals surface area (Å²) in [7, 11) is 0. The monoisotopic (exact) mass is 260 g/mol. The Labute approximate surface area is 110 Å². The van der Waals surface area contributed by atoms with E-state index in [1.165, 1.54) is 23.9 Å². The van der Waals surface area contributed by atoms with Gasteiger partial charge in [-0.15, -0.1) is 11.8 Å². The highest BCUT2D eigenvalue weighted by Gasteiger charge is 2.09. The van der Waals surface area contributed by atoms with E-state index in [4.69, 9.17) is 0 Å². The molecule has 0 saturated heterocycles. The summed E-state index contributed by atoms with van der Waals surface area (Å²) in [5.41, 5.74) is 2.07. The average molecular weight is 260 g/mol. The van der Waals surface area contributed by atoms with Crippen molar-refractivity contribution in [2.45, 2.75) is 11.8 Å². The lowest BCUT2D eigenvalue weighted by atomic mass is 10.1. The zero-order valence-corrected chi connectivity index (χ0v) is 11.1. The highest BCUT2D eigenvalue weighted by Crippen LogP contribution is 2.28. The van der Waals surface area contributed by atoms with Crippen molar-refractivity contribution in [3.63, 3.8) is 0 Å². The van der Waals surface area contributed by atoms with Crippen LogP contribution in [0.3, 0.4) is 0 Å². The molecule has 2 aromatic rings. The molecule has 0 heterocycles. The van der Waals surface area contributed by atoms with Gasteiger partial charge in [-0.3, -0.25) is 4.79 Å². The zero-order chi connectivity index (χ0) is 13.1. The molecular formula is C15H13FOS. The topological polar surface area (TPSA) is 17.1 Å². The average Bonchev–Trinajstić information content (AvgIpc) is 2.53. The third-order valence-electron chi connectivity index (χ3n) is 2.78. The first-order valence-corrected chi connectivity index (χ1v) is 6.80. The maximum Gasteiger partial charge on any atom is 0.189 e. The molecule has 0 fully saturated rings. The molecule has 0 aromatic heterocycles. The Morgan fingerprint density at radius 3 is 2.50 bits per heavy atom. The molecule has 0 bridgehead atoms. The second kappa shape index (κ2) is 5.36. The molecule has 1 nitrogen and oxygen atoms in total. The van der Waals surface area contributed by atoms with Crippen molar-refractivity contribution in [2.75, 3.05) is 6.26 Å². The predicted octanol–water partition coefficient (Wildman–Crippen LogP) is 3.88. The van der Waals surface area contributed by atoms with Crippen LogP contribution < -0.4 is 5.43 Å². The van der Waals surface area contributed by atoms with Gasteiger partial charge in [0, 0.05) is 10.5 Å². The van der Waals surface area contributed by atoms with Crippen molar-refractivity contribution in [2.24, 2.45) is 0 Å². The fraction of sp³-hybridized carbons (Fsp3) is 0.133. The van der Waals surface area contributed by atoms with Gasteiger partial charge >= 0.3 is 0 Å². The van der Waals surface area contributed by atoms with Gasteiger partial charge in [-0.05, 0) is 36.4 Å².